The molecule has 5 rings (SSSR count). The number of carbonyl (C=O) groups excluding carboxylic acids is 2. The molecule has 2 aliphatic rings. The fourth-order valence-electron chi connectivity index (χ4n) is 5.62. The van der Waals surface area contributed by atoms with E-state index in [0.717, 1.165) is 11.1 Å². The number of thiocarbonyl (C=S) groups is 1. The Bertz CT molecular complexity index is 1340. The van der Waals surface area contributed by atoms with Crippen LogP contribution in [-0.2, 0) is 16.1 Å². The monoisotopic (exact) mass is 571 g/mol. The topological polar surface area (TPSA) is 77.1 Å². The van der Waals surface area contributed by atoms with E-state index in [2.05, 4.69) is 27.7 Å². The maximum atomic E-state index is 14.3. The van der Waals surface area contributed by atoms with Crippen LogP contribution in [0.2, 0.25) is 0 Å². The standard InChI is InChI=1S/C32H37N5O3S/c1-35-19-17-32(18-20-35,30(39)33-26-13-15-27(40-2)16-14-26)37(21-24-9-5-3-6-10-24)29(38)23-36-22-28(34-31(36)41)25-11-7-4-8-12-25/h3-16,28H,17-23H2,1-2H3,(H,33,39)(H,34,41)/t28-/m0/s1. The van der Waals surface area contributed by atoms with E-state index in [1.54, 1.807) is 12.0 Å². The number of carbonyl (C=O) groups is 2. The van der Waals surface area contributed by atoms with Crippen molar-refractivity contribution in [3.8, 4) is 5.75 Å². The van der Waals surface area contributed by atoms with Crippen LogP contribution in [0.3, 0.4) is 0 Å². The summed E-state index contributed by atoms with van der Waals surface area (Å²) >= 11 is 5.66. The van der Waals surface area contributed by atoms with Gasteiger partial charge in [0.25, 0.3) is 0 Å². The first-order chi connectivity index (χ1) is 19.9. The number of piperidine rings is 1. The highest BCUT2D eigenvalue weighted by atomic mass is 32.1. The summed E-state index contributed by atoms with van der Waals surface area (Å²) in [7, 11) is 3.66. The molecule has 0 unspecified atom stereocenters. The van der Waals surface area contributed by atoms with Gasteiger partial charge in [0.15, 0.2) is 5.11 Å². The largest absolute Gasteiger partial charge is 0.497 e. The Morgan fingerprint density at radius 2 is 1.63 bits per heavy atom. The molecule has 0 saturated carbocycles. The maximum absolute atomic E-state index is 14.3. The smallest absolute Gasteiger partial charge is 0.250 e. The van der Waals surface area contributed by atoms with Crippen molar-refractivity contribution >= 4 is 34.8 Å². The van der Waals surface area contributed by atoms with Crippen LogP contribution < -0.4 is 15.4 Å². The Hall–Kier alpha value is -3.95. The highest BCUT2D eigenvalue weighted by molar-refractivity contribution is 7.80. The quantitative estimate of drug-likeness (QED) is 0.375. The predicted molar refractivity (Wildman–Crippen MR) is 165 cm³/mol. The van der Waals surface area contributed by atoms with Gasteiger partial charge < -0.3 is 30.1 Å². The van der Waals surface area contributed by atoms with Crippen LogP contribution in [0.4, 0.5) is 5.69 Å². The lowest BCUT2D eigenvalue weighted by Crippen LogP contribution is -2.64. The van der Waals surface area contributed by atoms with E-state index in [1.165, 1.54) is 0 Å². The Labute approximate surface area is 247 Å². The highest BCUT2D eigenvalue weighted by Gasteiger charge is 2.48. The van der Waals surface area contributed by atoms with Gasteiger partial charge in [0.2, 0.25) is 11.8 Å². The van der Waals surface area contributed by atoms with Crippen LogP contribution in [0, 0.1) is 0 Å². The van der Waals surface area contributed by atoms with Gasteiger partial charge in [-0.15, -0.1) is 0 Å². The summed E-state index contributed by atoms with van der Waals surface area (Å²) in [6.45, 7) is 2.41. The Kier molecular flexibility index (Phi) is 8.85. The molecule has 2 heterocycles. The van der Waals surface area contributed by atoms with Gasteiger partial charge in [-0.2, -0.15) is 0 Å². The van der Waals surface area contributed by atoms with Gasteiger partial charge in [0.1, 0.15) is 11.3 Å². The number of nitrogens with one attached hydrogen (secondary N) is 2. The van der Waals surface area contributed by atoms with Crippen LogP contribution >= 0.6 is 12.2 Å². The molecule has 0 aromatic heterocycles. The van der Waals surface area contributed by atoms with Crippen LogP contribution in [-0.4, -0.2) is 77.5 Å². The number of anilines is 1. The van der Waals surface area contributed by atoms with Gasteiger partial charge in [-0.25, -0.2) is 0 Å². The number of likely N-dealkylation sites (tertiary alicyclic amines) is 1. The predicted octanol–water partition coefficient (Wildman–Crippen LogP) is 4.06. The van der Waals surface area contributed by atoms with Gasteiger partial charge in [-0.3, -0.25) is 9.59 Å². The fraction of sp³-hybridized carbons (Fsp3) is 0.344. The van der Waals surface area contributed by atoms with Crippen molar-refractivity contribution in [3.63, 3.8) is 0 Å². The van der Waals surface area contributed by atoms with Crippen LogP contribution in [0.15, 0.2) is 84.9 Å². The molecule has 2 fully saturated rings. The zero-order valence-corrected chi connectivity index (χ0v) is 24.4. The van der Waals surface area contributed by atoms with E-state index in [9.17, 15) is 9.59 Å². The zero-order chi connectivity index (χ0) is 28.8. The number of methoxy groups -OCH3 is 1. The molecular weight excluding hydrogens is 534 g/mol. The first-order valence-electron chi connectivity index (χ1n) is 14.0. The Balaban J connectivity index is 1.43. The molecule has 8 nitrogen and oxygen atoms in total. The molecule has 2 saturated heterocycles. The number of ether oxygens (including phenoxy) is 1. The third kappa shape index (κ3) is 6.52. The maximum Gasteiger partial charge on any atom is 0.250 e. The summed E-state index contributed by atoms with van der Waals surface area (Å²) in [5.74, 6) is 0.410. The van der Waals surface area contributed by atoms with E-state index in [4.69, 9.17) is 17.0 Å². The van der Waals surface area contributed by atoms with E-state index < -0.39 is 5.54 Å². The average molecular weight is 572 g/mol. The van der Waals surface area contributed by atoms with Crippen LogP contribution in [0.5, 0.6) is 5.75 Å². The first kappa shape index (κ1) is 28.6. The molecule has 2 amide bonds. The fourth-order valence-corrected chi connectivity index (χ4v) is 5.90. The average Bonchev–Trinajstić information content (AvgIpc) is 3.37. The third-order valence-electron chi connectivity index (χ3n) is 8.10. The molecule has 3 aromatic carbocycles. The molecule has 0 aliphatic carbocycles. The zero-order valence-electron chi connectivity index (χ0n) is 23.6. The molecule has 3 aromatic rings. The van der Waals surface area contributed by atoms with Gasteiger partial charge in [0.05, 0.1) is 19.7 Å². The number of benzene rings is 3. The number of rotatable bonds is 9. The number of hydrogen-bond donors (Lipinski definition) is 2. The van der Waals surface area contributed by atoms with E-state index in [0.29, 0.717) is 55.6 Å². The molecular formula is C32H37N5O3S. The molecule has 0 spiro atoms. The minimum Gasteiger partial charge on any atom is -0.497 e. The van der Waals surface area contributed by atoms with Crippen LogP contribution in [0.1, 0.15) is 30.0 Å². The third-order valence-corrected chi connectivity index (χ3v) is 8.48. The lowest BCUT2D eigenvalue weighted by Gasteiger charge is -2.47. The summed E-state index contributed by atoms with van der Waals surface area (Å²) < 4.78 is 5.27. The molecule has 0 bridgehead atoms. The molecule has 9 heteroatoms. The normalized spacial score (nSPS) is 18.4. The van der Waals surface area contributed by atoms with Crippen molar-refractivity contribution < 1.29 is 14.3 Å². The van der Waals surface area contributed by atoms with Gasteiger partial charge >= 0.3 is 0 Å². The number of amides is 2. The van der Waals surface area contributed by atoms with E-state index in [1.807, 2.05) is 84.7 Å². The molecule has 1 atom stereocenters. The minimum absolute atomic E-state index is 0.00901. The van der Waals surface area contributed by atoms with E-state index in [-0.39, 0.29) is 24.4 Å². The van der Waals surface area contributed by atoms with Crippen molar-refractivity contribution in [2.24, 2.45) is 0 Å². The first-order valence-corrected chi connectivity index (χ1v) is 14.4. The lowest BCUT2D eigenvalue weighted by atomic mass is 9.83. The highest BCUT2D eigenvalue weighted by Crippen LogP contribution is 2.33. The summed E-state index contributed by atoms with van der Waals surface area (Å²) in [5.41, 5.74) is 1.74. The lowest BCUT2D eigenvalue weighted by molar-refractivity contribution is -0.149. The number of nitrogens with zero attached hydrogens (tertiary/aromatic N) is 3. The molecule has 0 radical (unpaired) electrons. The minimum atomic E-state index is -1.02. The molecule has 2 aliphatic heterocycles. The van der Waals surface area contributed by atoms with Crippen molar-refractivity contribution in [3.05, 3.63) is 96.1 Å². The molecule has 2 N–H and O–H groups in total. The van der Waals surface area contributed by atoms with Crippen molar-refractivity contribution in [1.29, 1.82) is 0 Å². The van der Waals surface area contributed by atoms with Crippen LogP contribution in [0.25, 0.3) is 0 Å². The van der Waals surface area contributed by atoms with Crippen molar-refractivity contribution in [2.45, 2.75) is 31.0 Å². The molecule has 41 heavy (non-hydrogen) atoms. The molecule has 214 valence electrons. The summed E-state index contributed by atoms with van der Waals surface area (Å²) in [5, 5.41) is 7.02. The summed E-state index contributed by atoms with van der Waals surface area (Å²) in [4.78, 5) is 34.4. The van der Waals surface area contributed by atoms with Crippen molar-refractivity contribution in [1.82, 2.24) is 20.0 Å². The second-order valence-corrected chi connectivity index (χ2v) is 11.2. The van der Waals surface area contributed by atoms with Crippen molar-refractivity contribution in [2.75, 3.05) is 45.7 Å². The Morgan fingerprint density at radius 1 is 1.00 bits per heavy atom. The Morgan fingerprint density at radius 3 is 2.27 bits per heavy atom. The van der Waals surface area contributed by atoms with E-state index >= 15 is 0 Å². The van der Waals surface area contributed by atoms with Gasteiger partial charge in [0, 0.05) is 31.9 Å². The number of hydrogen-bond acceptors (Lipinski definition) is 5. The second-order valence-electron chi connectivity index (χ2n) is 10.8. The van der Waals surface area contributed by atoms with Gasteiger partial charge in [-0.1, -0.05) is 60.7 Å². The summed E-state index contributed by atoms with van der Waals surface area (Å²) in [6.07, 6.45) is 1.05. The second kappa shape index (κ2) is 12.7. The van der Waals surface area contributed by atoms with Gasteiger partial charge in [-0.05, 0) is 67.5 Å². The summed E-state index contributed by atoms with van der Waals surface area (Å²) in [6, 6.07) is 27.2. The SMILES string of the molecule is COc1ccc(NC(=O)C2(N(Cc3ccccc3)C(=O)CN3C[C@@H](c4ccccc4)NC3=S)CCN(C)CC2)cc1.